The van der Waals surface area contributed by atoms with E-state index in [4.69, 9.17) is 0 Å². The number of likely N-dealkylation sites (N-methyl/N-ethyl adjacent to an activating group) is 1. The van der Waals surface area contributed by atoms with Gasteiger partial charge in [0.2, 0.25) is 11.8 Å². The van der Waals surface area contributed by atoms with Crippen LogP contribution in [0.2, 0.25) is 0 Å². The first-order valence-electron chi connectivity index (χ1n) is 9.20. The number of benzene rings is 2. The zero-order chi connectivity index (χ0) is 20.0. The normalized spacial score (nSPS) is 11.7. The molecule has 2 amide bonds. The fraction of sp³-hybridized carbons (Fsp3) is 0.364. The van der Waals surface area contributed by atoms with Gasteiger partial charge >= 0.3 is 0 Å². The SMILES string of the molecule is CCNC(=O)[C@@H](C)N(Cc1ccccc1F)C(=O)Cc1ccc(C)c(C)c1. The van der Waals surface area contributed by atoms with Crippen LogP contribution in [0.15, 0.2) is 42.5 Å². The van der Waals surface area contributed by atoms with Crippen LogP contribution >= 0.6 is 0 Å². The average Bonchev–Trinajstić information content (AvgIpc) is 2.63. The molecule has 0 saturated carbocycles. The van der Waals surface area contributed by atoms with Crippen LogP contribution in [0, 0.1) is 19.7 Å². The van der Waals surface area contributed by atoms with E-state index in [1.54, 1.807) is 25.1 Å². The van der Waals surface area contributed by atoms with Gasteiger partial charge in [-0.1, -0.05) is 36.4 Å². The molecule has 2 aromatic rings. The molecule has 0 aliphatic heterocycles. The number of nitrogens with zero attached hydrogens (tertiary/aromatic N) is 1. The second kappa shape index (κ2) is 9.31. The zero-order valence-electron chi connectivity index (χ0n) is 16.4. The number of aryl methyl sites for hydroxylation is 2. The summed E-state index contributed by atoms with van der Waals surface area (Å²) < 4.78 is 14.1. The van der Waals surface area contributed by atoms with Crippen molar-refractivity contribution in [3.05, 3.63) is 70.5 Å². The van der Waals surface area contributed by atoms with E-state index in [1.165, 1.54) is 11.0 Å². The number of carbonyl (C=O) groups is 2. The standard InChI is InChI=1S/C22H27FN2O2/c1-5-24-22(27)17(4)25(14-19-8-6-7-9-20(19)23)21(26)13-18-11-10-15(2)16(3)12-18/h6-12,17H,5,13-14H2,1-4H3,(H,24,27)/t17-/m1/s1. The van der Waals surface area contributed by atoms with Crippen LogP contribution in [0.1, 0.15) is 36.1 Å². The van der Waals surface area contributed by atoms with Crippen LogP contribution in [0.25, 0.3) is 0 Å². The van der Waals surface area contributed by atoms with Crippen molar-refractivity contribution < 1.29 is 14.0 Å². The van der Waals surface area contributed by atoms with Gasteiger partial charge in [0.1, 0.15) is 11.9 Å². The van der Waals surface area contributed by atoms with Gasteiger partial charge in [-0.15, -0.1) is 0 Å². The lowest BCUT2D eigenvalue weighted by Crippen LogP contribution is -2.48. The number of nitrogens with one attached hydrogen (secondary N) is 1. The Morgan fingerprint density at radius 2 is 1.81 bits per heavy atom. The molecule has 5 heteroatoms. The molecule has 4 nitrogen and oxygen atoms in total. The molecule has 27 heavy (non-hydrogen) atoms. The van der Waals surface area contributed by atoms with Crippen molar-refractivity contribution in [2.24, 2.45) is 0 Å². The van der Waals surface area contributed by atoms with Gasteiger partial charge in [-0.25, -0.2) is 4.39 Å². The van der Waals surface area contributed by atoms with Crippen LogP contribution in [0.3, 0.4) is 0 Å². The van der Waals surface area contributed by atoms with E-state index in [1.807, 2.05) is 39.0 Å². The van der Waals surface area contributed by atoms with E-state index in [0.717, 1.165) is 16.7 Å². The fourth-order valence-corrected chi connectivity index (χ4v) is 2.90. The van der Waals surface area contributed by atoms with Gasteiger partial charge in [-0.2, -0.15) is 0 Å². The van der Waals surface area contributed by atoms with E-state index in [0.29, 0.717) is 12.1 Å². The van der Waals surface area contributed by atoms with Crippen molar-refractivity contribution >= 4 is 11.8 Å². The molecule has 0 unspecified atom stereocenters. The Hall–Kier alpha value is -2.69. The maximum Gasteiger partial charge on any atom is 0.242 e. The van der Waals surface area contributed by atoms with Gasteiger partial charge < -0.3 is 10.2 Å². The summed E-state index contributed by atoms with van der Waals surface area (Å²) in [5.41, 5.74) is 3.54. The van der Waals surface area contributed by atoms with E-state index in [9.17, 15) is 14.0 Å². The summed E-state index contributed by atoms with van der Waals surface area (Å²) in [5, 5.41) is 2.73. The van der Waals surface area contributed by atoms with Crippen LogP contribution in [0.5, 0.6) is 0 Å². The van der Waals surface area contributed by atoms with E-state index in [-0.39, 0.29) is 30.6 Å². The molecule has 0 aliphatic rings. The Labute approximate surface area is 160 Å². The molecular formula is C22H27FN2O2. The van der Waals surface area contributed by atoms with Gasteiger partial charge in [0.05, 0.1) is 6.42 Å². The monoisotopic (exact) mass is 370 g/mol. The van der Waals surface area contributed by atoms with E-state index in [2.05, 4.69) is 5.32 Å². The summed E-state index contributed by atoms with van der Waals surface area (Å²) in [4.78, 5) is 26.8. The lowest BCUT2D eigenvalue weighted by Gasteiger charge is -2.29. The third kappa shape index (κ3) is 5.39. The number of amides is 2. The highest BCUT2D eigenvalue weighted by Gasteiger charge is 2.26. The minimum atomic E-state index is -0.691. The number of rotatable bonds is 7. The van der Waals surface area contributed by atoms with E-state index < -0.39 is 6.04 Å². The maximum absolute atomic E-state index is 14.1. The van der Waals surface area contributed by atoms with Crippen molar-refractivity contribution in [3.8, 4) is 0 Å². The summed E-state index contributed by atoms with van der Waals surface area (Å²) in [7, 11) is 0. The smallest absolute Gasteiger partial charge is 0.242 e. The summed E-state index contributed by atoms with van der Waals surface area (Å²) in [6.45, 7) is 8.03. The molecule has 0 heterocycles. The third-order valence-corrected chi connectivity index (χ3v) is 4.74. The van der Waals surface area contributed by atoms with Gasteiger partial charge in [-0.05, 0) is 50.5 Å². The Morgan fingerprint density at radius 3 is 2.44 bits per heavy atom. The molecule has 0 aliphatic carbocycles. The van der Waals surface area contributed by atoms with Crippen LogP contribution in [-0.4, -0.2) is 29.3 Å². The molecule has 0 bridgehead atoms. The quantitative estimate of drug-likeness (QED) is 0.810. The predicted molar refractivity (Wildman–Crippen MR) is 105 cm³/mol. The summed E-state index contributed by atoms with van der Waals surface area (Å²) in [6, 6.07) is 11.5. The fourth-order valence-electron chi connectivity index (χ4n) is 2.90. The van der Waals surface area contributed by atoms with Gasteiger partial charge in [0.15, 0.2) is 0 Å². The van der Waals surface area contributed by atoms with E-state index >= 15 is 0 Å². The van der Waals surface area contributed by atoms with Gasteiger partial charge in [0.25, 0.3) is 0 Å². The lowest BCUT2D eigenvalue weighted by molar-refractivity contribution is -0.140. The molecule has 1 atom stereocenters. The van der Waals surface area contributed by atoms with Crippen LogP contribution in [-0.2, 0) is 22.6 Å². The first kappa shape index (κ1) is 20.6. The van der Waals surface area contributed by atoms with Gasteiger partial charge in [-0.3, -0.25) is 9.59 Å². The molecule has 2 aromatic carbocycles. The number of hydrogen-bond donors (Lipinski definition) is 1. The topological polar surface area (TPSA) is 49.4 Å². The zero-order valence-corrected chi connectivity index (χ0v) is 16.4. The van der Waals surface area contributed by atoms with Crippen molar-refractivity contribution in [2.75, 3.05) is 6.54 Å². The Kier molecular flexibility index (Phi) is 7.11. The second-order valence-corrected chi connectivity index (χ2v) is 6.78. The summed E-state index contributed by atoms with van der Waals surface area (Å²) in [6.07, 6.45) is 0.166. The molecule has 144 valence electrons. The molecule has 1 N–H and O–H groups in total. The highest BCUT2D eigenvalue weighted by molar-refractivity contribution is 5.88. The molecule has 2 rings (SSSR count). The lowest BCUT2D eigenvalue weighted by atomic mass is 10.0. The number of hydrogen-bond acceptors (Lipinski definition) is 2. The molecule has 0 fully saturated rings. The predicted octanol–water partition coefficient (Wildman–Crippen LogP) is 3.54. The minimum absolute atomic E-state index is 0.0502. The molecule has 0 saturated heterocycles. The summed E-state index contributed by atoms with van der Waals surface area (Å²) in [5.74, 6) is -0.841. The van der Waals surface area contributed by atoms with Crippen molar-refractivity contribution in [3.63, 3.8) is 0 Å². The number of halogens is 1. The number of carbonyl (C=O) groups excluding carboxylic acids is 2. The first-order chi connectivity index (χ1) is 12.8. The summed E-state index contributed by atoms with van der Waals surface area (Å²) >= 11 is 0. The molecule has 0 radical (unpaired) electrons. The Balaban J connectivity index is 2.26. The highest BCUT2D eigenvalue weighted by atomic mass is 19.1. The van der Waals surface area contributed by atoms with Crippen molar-refractivity contribution in [1.82, 2.24) is 10.2 Å². The first-order valence-corrected chi connectivity index (χ1v) is 9.20. The maximum atomic E-state index is 14.1. The second-order valence-electron chi connectivity index (χ2n) is 6.78. The van der Waals surface area contributed by atoms with Crippen LogP contribution in [0.4, 0.5) is 4.39 Å². The van der Waals surface area contributed by atoms with Crippen LogP contribution < -0.4 is 5.32 Å². The molecule has 0 aromatic heterocycles. The third-order valence-electron chi connectivity index (χ3n) is 4.74. The Bertz CT molecular complexity index is 820. The average molecular weight is 370 g/mol. The molecule has 0 spiro atoms. The van der Waals surface area contributed by atoms with Crippen molar-refractivity contribution in [1.29, 1.82) is 0 Å². The highest BCUT2D eigenvalue weighted by Crippen LogP contribution is 2.16. The largest absolute Gasteiger partial charge is 0.355 e. The Morgan fingerprint density at radius 1 is 1.11 bits per heavy atom. The molecular weight excluding hydrogens is 343 g/mol. The van der Waals surface area contributed by atoms with Gasteiger partial charge in [0, 0.05) is 18.7 Å². The van der Waals surface area contributed by atoms with Crippen molar-refractivity contribution in [2.45, 2.75) is 46.7 Å². The minimum Gasteiger partial charge on any atom is -0.355 e.